The molecule has 0 bridgehead atoms. The van der Waals surface area contributed by atoms with Crippen molar-refractivity contribution in [1.82, 2.24) is 14.9 Å². The number of fused-ring (bicyclic) bond motifs is 1. The molecule has 1 aromatic carbocycles. The minimum absolute atomic E-state index is 0.0887. The van der Waals surface area contributed by atoms with Crippen molar-refractivity contribution < 1.29 is 4.79 Å². The van der Waals surface area contributed by atoms with Crippen molar-refractivity contribution in [3.8, 4) is 0 Å². The van der Waals surface area contributed by atoms with Crippen LogP contribution in [-0.2, 0) is 11.2 Å². The third-order valence-electron chi connectivity index (χ3n) is 5.27. The molecular formula is C20H24N4O. The topological polar surface area (TPSA) is 49.3 Å². The molecule has 0 N–H and O–H groups in total. The molecule has 2 aliphatic heterocycles. The fraction of sp³-hybridized carbons (Fsp3) is 0.450. The summed E-state index contributed by atoms with van der Waals surface area (Å²) in [6.07, 6.45) is 7.23. The van der Waals surface area contributed by atoms with E-state index in [2.05, 4.69) is 39.1 Å². The Kier molecular flexibility index (Phi) is 4.38. The van der Waals surface area contributed by atoms with Crippen molar-refractivity contribution in [2.24, 2.45) is 0 Å². The van der Waals surface area contributed by atoms with Crippen LogP contribution in [0.5, 0.6) is 0 Å². The van der Waals surface area contributed by atoms with Gasteiger partial charge in [-0.15, -0.1) is 0 Å². The van der Waals surface area contributed by atoms with Gasteiger partial charge in [-0.2, -0.15) is 0 Å². The van der Waals surface area contributed by atoms with Gasteiger partial charge in [0.05, 0.1) is 23.6 Å². The Bertz CT molecular complexity index is 776. The molecule has 1 fully saturated rings. The SMILES string of the molecule is Cc1cncc(C2CCCN2C(=O)CCN2CCc3ccccc32)n1. The molecule has 2 aliphatic rings. The first-order valence-corrected chi connectivity index (χ1v) is 9.13. The van der Waals surface area contributed by atoms with Gasteiger partial charge in [0, 0.05) is 37.9 Å². The predicted molar refractivity (Wildman–Crippen MR) is 97.4 cm³/mol. The van der Waals surface area contributed by atoms with Crippen molar-refractivity contribution in [1.29, 1.82) is 0 Å². The Morgan fingerprint density at radius 2 is 2.12 bits per heavy atom. The number of benzene rings is 1. The van der Waals surface area contributed by atoms with Crippen molar-refractivity contribution in [3.05, 3.63) is 53.6 Å². The van der Waals surface area contributed by atoms with E-state index in [9.17, 15) is 4.79 Å². The number of amides is 1. The number of rotatable bonds is 4. The molecular weight excluding hydrogens is 312 g/mol. The Labute approximate surface area is 148 Å². The summed E-state index contributed by atoms with van der Waals surface area (Å²) >= 11 is 0. The zero-order chi connectivity index (χ0) is 17.2. The van der Waals surface area contributed by atoms with Gasteiger partial charge in [-0.3, -0.25) is 14.8 Å². The highest BCUT2D eigenvalue weighted by Gasteiger charge is 2.31. The smallest absolute Gasteiger partial charge is 0.224 e. The zero-order valence-corrected chi connectivity index (χ0v) is 14.7. The van der Waals surface area contributed by atoms with Crippen molar-refractivity contribution in [2.75, 3.05) is 24.5 Å². The molecule has 1 saturated heterocycles. The third kappa shape index (κ3) is 3.23. The second-order valence-corrected chi connectivity index (χ2v) is 6.95. The minimum Gasteiger partial charge on any atom is -0.370 e. The highest BCUT2D eigenvalue weighted by Crippen LogP contribution is 2.32. The van der Waals surface area contributed by atoms with Gasteiger partial charge in [0.15, 0.2) is 0 Å². The molecule has 1 atom stereocenters. The summed E-state index contributed by atoms with van der Waals surface area (Å²) in [7, 11) is 0. The first-order valence-electron chi connectivity index (χ1n) is 9.13. The first-order chi connectivity index (χ1) is 12.2. The van der Waals surface area contributed by atoms with Crippen LogP contribution in [0.4, 0.5) is 5.69 Å². The first kappa shape index (κ1) is 16.1. The lowest BCUT2D eigenvalue weighted by molar-refractivity contribution is -0.132. The Morgan fingerprint density at radius 1 is 1.24 bits per heavy atom. The van der Waals surface area contributed by atoms with Gasteiger partial charge in [0.25, 0.3) is 0 Å². The number of carbonyl (C=O) groups is 1. The molecule has 0 spiro atoms. The van der Waals surface area contributed by atoms with E-state index in [4.69, 9.17) is 0 Å². The van der Waals surface area contributed by atoms with Gasteiger partial charge >= 0.3 is 0 Å². The molecule has 1 unspecified atom stereocenters. The van der Waals surface area contributed by atoms with Gasteiger partial charge in [0.2, 0.25) is 5.91 Å². The lowest BCUT2D eigenvalue weighted by Crippen LogP contribution is -2.34. The van der Waals surface area contributed by atoms with Gasteiger partial charge in [-0.25, -0.2) is 0 Å². The molecule has 5 nitrogen and oxygen atoms in total. The van der Waals surface area contributed by atoms with Crippen LogP contribution in [0.2, 0.25) is 0 Å². The Balaban J connectivity index is 1.41. The molecule has 1 aromatic heterocycles. The number of anilines is 1. The lowest BCUT2D eigenvalue weighted by atomic mass is 10.1. The lowest BCUT2D eigenvalue weighted by Gasteiger charge is -2.26. The van der Waals surface area contributed by atoms with Crippen LogP contribution in [0.1, 0.15) is 42.3 Å². The summed E-state index contributed by atoms with van der Waals surface area (Å²) in [6, 6.07) is 8.60. The molecule has 2 aromatic rings. The van der Waals surface area contributed by atoms with Gasteiger partial charge in [0.1, 0.15) is 0 Å². The van der Waals surface area contributed by atoms with Crippen LogP contribution in [0.15, 0.2) is 36.7 Å². The third-order valence-corrected chi connectivity index (χ3v) is 5.27. The summed E-state index contributed by atoms with van der Waals surface area (Å²) in [5.41, 5.74) is 4.52. The Hall–Kier alpha value is -2.43. The summed E-state index contributed by atoms with van der Waals surface area (Å²) in [5.74, 6) is 0.232. The van der Waals surface area contributed by atoms with E-state index in [0.717, 1.165) is 50.3 Å². The standard InChI is InChI=1S/C20H24N4O/c1-15-13-21-14-17(22-15)19-7-4-10-24(19)20(25)9-12-23-11-8-16-5-2-3-6-18(16)23/h2-3,5-6,13-14,19H,4,7-12H2,1H3. The molecule has 130 valence electrons. The van der Waals surface area contributed by atoms with Crippen molar-refractivity contribution >= 4 is 11.6 Å². The summed E-state index contributed by atoms with van der Waals surface area (Å²) in [5, 5.41) is 0. The molecule has 0 radical (unpaired) electrons. The van der Waals surface area contributed by atoms with E-state index < -0.39 is 0 Å². The quantitative estimate of drug-likeness (QED) is 0.861. The van der Waals surface area contributed by atoms with Crippen LogP contribution in [0.3, 0.4) is 0 Å². The van der Waals surface area contributed by atoms with E-state index in [-0.39, 0.29) is 11.9 Å². The van der Waals surface area contributed by atoms with Gasteiger partial charge < -0.3 is 9.80 Å². The second-order valence-electron chi connectivity index (χ2n) is 6.95. The molecule has 0 saturated carbocycles. The minimum atomic E-state index is 0.0887. The van der Waals surface area contributed by atoms with Gasteiger partial charge in [-0.1, -0.05) is 18.2 Å². The summed E-state index contributed by atoms with van der Waals surface area (Å²) in [4.78, 5) is 26.0. The van der Waals surface area contributed by atoms with E-state index in [0.29, 0.717) is 6.42 Å². The van der Waals surface area contributed by atoms with Crippen LogP contribution in [-0.4, -0.2) is 40.4 Å². The number of hydrogen-bond acceptors (Lipinski definition) is 4. The van der Waals surface area contributed by atoms with Crippen molar-refractivity contribution in [3.63, 3.8) is 0 Å². The number of carbonyl (C=O) groups excluding carboxylic acids is 1. The van der Waals surface area contributed by atoms with E-state index in [1.165, 1.54) is 11.3 Å². The summed E-state index contributed by atoms with van der Waals surface area (Å²) < 4.78 is 0. The van der Waals surface area contributed by atoms with Crippen LogP contribution in [0.25, 0.3) is 0 Å². The zero-order valence-electron chi connectivity index (χ0n) is 14.7. The second kappa shape index (κ2) is 6.82. The fourth-order valence-electron chi connectivity index (χ4n) is 4.03. The van der Waals surface area contributed by atoms with Gasteiger partial charge in [-0.05, 0) is 37.8 Å². The average molecular weight is 336 g/mol. The normalized spacial score (nSPS) is 19.3. The summed E-state index contributed by atoms with van der Waals surface area (Å²) in [6.45, 7) is 4.58. The molecule has 5 heteroatoms. The van der Waals surface area contributed by atoms with Crippen molar-refractivity contribution in [2.45, 2.75) is 38.6 Å². The number of likely N-dealkylation sites (tertiary alicyclic amines) is 1. The maximum atomic E-state index is 12.8. The molecule has 25 heavy (non-hydrogen) atoms. The van der Waals surface area contributed by atoms with E-state index in [1.807, 2.05) is 11.8 Å². The van der Waals surface area contributed by atoms with E-state index >= 15 is 0 Å². The molecule has 0 aliphatic carbocycles. The molecule has 1 amide bonds. The highest BCUT2D eigenvalue weighted by atomic mass is 16.2. The maximum absolute atomic E-state index is 12.8. The average Bonchev–Trinajstić information content (AvgIpc) is 3.27. The van der Waals surface area contributed by atoms with E-state index in [1.54, 1.807) is 12.4 Å². The Morgan fingerprint density at radius 3 is 3.00 bits per heavy atom. The number of para-hydroxylation sites is 1. The van der Waals surface area contributed by atoms with Crippen LogP contribution in [0, 0.1) is 6.92 Å². The predicted octanol–water partition coefficient (Wildman–Crippen LogP) is 2.90. The van der Waals surface area contributed by atoms with Crippen LogP contribution >= 0.6 is 0 Å². The largest absolute Gasteiger partial charge is 0.370 e. The maximum Gasteiger partial charge on any atom is 0.224 e. The monoisotopic (exact) mass is 336 g/mol. The number of hydrogen-bond donors (Lipinski definition) is 0. The molecule has 3 heterocycles. The number of nitrogens with zero attached hydrogens (tertiary/aromatic N) is 4. The molecule has 4 rings (SSSR count). The number of aryl methyl sites for hydroxylation is 1. The van der Waals surface area contributed by atoms with Crippen LogP contribution < -0.4 is 4.90 Å². The number of aromatic nitrogens is 2. The fourth-order valence-corrected chi connectivity index (χ4v) is 4.03. The highest BCUT2D eigenvalue weighted by molar-refractivity contribution is 5.78.